The largest absolute Gasteiger partial charge is 0.469 e. The maximum atomic E-state index is 13.3. The predicted molar refractivity (Wildman–Crippen MR) is 107 cm³/mol. The molecule has 5 heteroatoms. The van der Waals surface area contributed by atoms with Gasteiger partial charge in [0.25, 0.3) is 5.91 Å². The number of nitrogens with zero attached hydrogens (tertiary/aromatic N) is 1. The number of carbonyl (C=O) groups is 2. The van der Waals surface area contributed by atoms with E-state index in [9.17, 15) is 9.59 Å². The van der Waals surface area contributed by atoms with Gasteiger partial charge < -0.3 is 9.64 Å². The summed E-state index contributed by atoms with van der Waals surface area (Å²) >= 11 is 6.30. The Morgan fingerprint density at radius 2 is 1.67 bits per heavy atom. The van der Waals surface area contributed by atoms with E-state index >= 15 is 0 Å². The van der Waals surface area contributed by atoms with Crippen molar-refractivity contribution in [3.05, 3.63) is 70.7 Å². The van der Waals surface area contributed by atoms with Gasteiger partial charge in [0.15, 0.2) is 0 Å². The summed E-state index contributed by atoms with van der Waals surface area (Å²) in [5, 5.41) is 0.600. The topological polar surface area (TPSA) is 46.6 Å². The van der Waals surface area contributed by atoms with Gasteiger partial charge in [-0.2, -0.15) is 0 Å². The lowest BCUT2D eigenvalue weighted by Gasteiger charge is -2.31. The van der Waals surface area contributed by atoms with E-state index in [1.165, 1.54) is 7.11 Å². The first-order valence-electron chi connectivity index (χ1n) is 8.99. The zero-order valence-electron chi connectivity index (χ0n) is 15.2. The number of piperidine rings is 1. The minimum Gasteiger partial charge on any atom is -0.469 e. The van der Waals surface area contributed by atoms with Gasteiger partial charge in [0.05, 0.1) is 13.0 Å². The Morgan fingerprint density at radius 3 is 2.30 bits per heavy atom. The molecule has 0 bridgehead atoms. The highest BCUT2D eigenvalue weighted by molar-refractivity contribution is 6.33. The highest BCUT2D eigenvalue weighted by atomic mass is 35.5. The van der Waals surface area contributed by atoms with E-state index in [4.69, 9.17) is 16.3 Å². The van der Waals surface area contributed by atoms with E-state index in [0.29, 0.717) is 36.5 Å². The zero-order valence-corrected chi connectivity index (χ0v) is 16.0. The summed E-state index contributed by atoms with van der Waals surface area (Å²) in [4.78, 5) is 26.8. The van der Waals surface area contributed by atoms with E-state index < -0.39 is 0 Å². The summed E-state index contributed by atoms with van der Waals surface area (Å²) in [5.41, 5.74) is 2.24. The van der Waals surface area contributed by atoms with Crippen molar-refractivity contribution in [1.29, 1.82) is 0 Å². The van der Waals surface area contributed by atoms with Crippen LogP contribution in [0.4, 0.5) is 0 Å². The fraction of sp³-hybridized carbons (Fsp3) is 0.273. The van der Waals surface area contributed by atoms with Crippen LogP contribution in [-0.2, 0) is 14.3 Å². The molecule has 0 aliphatic carbocycles. The van der Waals surface area contributed by atoms with Crippen molar-refractivity contribution in [1.82, 2.24) is 4.90 Å². The fourth-order valence-electron chi connectivity index (χ4n) is 3.29. The Hall–Kier alpha value is -2.59. The van der Waals surface area contributed by atoms with Crippen LogP contribution in [-0.4, -0.2) is 37.0 Å². The number of ether oxygens (including phenoxy) is 1. The molecule has 1 heterocycles. The normalized spacial score (nSPS) is 15.5. The molecule has 1 saturated heterocycles. The maximum Gasteiger partial charge on any atom is 0.308 e. The van der Waals surface area contributed by atoms with Crippen molar-refractivity contribution in [3.63, 3.8) is 0 Å². The standard InChI is InChI=1S/C22H22ClNO3/c1-27-22(26)17-11-13-24(14-12-17)21(25)19(16-7-3-2-4-8-16)15-18-9-5-6-10-20(18)23/h2-10,15,17H,11-14H2,1H3/b19-15+. The van der Waals surface area contributed by atoms with Crippen molar-refractivity contribution in [3.8, 4) is 0 Å². The number of amides is 1. The van der Waals surface area contributed by atoms with Crippen molar-refractivity contribution < 1.29 is 14.3 Å². The third-order valence-corrected chi connectivity index (χ3v) is 5.18. The Labute approximate surface area is 164 Å². The molecule has 4 nitrogen and oxygen atoms in total. The van der Waals surface area contributed by atoms with E-state index in [2.05, 4.69) is 0 Å². The molecule has 0 N–H and O–H groups in total. The first-order valence-corrected chi connectivity index (χ1v) is 9.36. The smallest absolute Gasteiger partial charge is 0.308 e. The summed E-state index contributed by atoms with van der Waals surface area (Å²) in [6.45, 7) is 1.07. The van der Waals surface area contributed by atoms with Crippen LogP contribution in [0.2, 0.25) is 5.02 Å². The lowest BCUT2D eigenvalue weighted by atomic mass is 9.95. The average Bonchev–Trinajstić information content (AvgIpc) is 2.73. The van der Waals surface area contributed by atoms with Gasteiger partial charge in [0.1, 0.15) is 0 Å². The third kappa shape index (κ3) is 4.58. The molecule has 1 aliphatic rings. The van der Waals surface area contributed by atoms with Crippen LogP contribution in [0.1, 0.15) is 24.0 Å². The second-order valence-electron chi connectivity index (χ2n) is 6.54. The van der Waals surface area contributed by atoms with Crippen LogP contribution in [0.3, 0.4) is 0 Å². The fourth-order valence-corrected chi connectivity index (χ4v) is 3.48. The molecular formula is C22H22ClNO3. The number of rotatable bonds is 4. The Balaban J connectivity index is 1.87. The summed E-state index contributed by atoms with van der Waals surface area (Å²) in [7, 11) is 1.40. The predicted octanol–water partition coefficient (Wildman–Crippen LogP) is 4.29. The van der Waals surface area contributed by atoms with Crippen molar-refractivity contribution in [2.75, 3.05) is 20.2 Å². The molecule has 140 valence electrons. The van der Waals surface area contributed by atoms with Gasteiger partial charge in [-0.05, 0) is 36.1 Å². The second-order valence-corrected chi connectivity index (χ2v) is 6.94. The molecule has 1 aliphatic heterocycles. The Bertz CT molecular complexity index is 840. The van der Waals surface area contributed by atoms with Crippen LogP contribution in [0, 0.1) is 5.92 Å². The molecule has 0 saturated carbocycles. The highest BCUT2D eigenvalue weighted by Crippen LogP contribution is 2.27. The number of carbonyl (C=O) groups excluding carboxylic acids is 2. The average molecular weight is 384 g/mol. The molecule has 3 rings (SSSR count). The quantitative estimate of drug-likeness (QED) is 0.449. The molecule has 2 aromatic carbocycles. The van der Waals surface area contributed by atoms with E-state index in [1.807, 2.05) is 60.7 Å². The Kier molecular flexibility index (Phi) is 6.30. The molecule has 0 spiro atoms. The summed E-state index contributed by atoms with van der Waals surface area (Å²) in [6, 6.07) is 17.0. The van der Waals surface area contributed by atoms with Crippen LogP contribution in [0.15, 0.2) is 54.6 Å². The monoisotopic (exact) mass is 383 g/mol. The number of hydrogen-bond donors (Lipinski definition) is 0. The lowest BCUT2D eigenvalue weighted by Crippen LogP contribution is -2.40. The number of likely N-dealkylation sites (tertiary alicyclic amines) is 1. The van der Waals surface area contributed by atoms with Crippen LogP contribution >= 0.6 is 11.6 Å². The molecule has 1 amide bonds. The van der Waals surface area contributed by atoms with E-state index in [-0.39, 0.29) is 17.8 Å². The first kappa shape index (κ1) is 19.2. The van der Waals surface area contributed by atoms with E-state index in [0.717, 1.165) is 11.1 Å². The molecule has 0 unspecified atom stereocenters. The van der Waals surface area contributed by atoms with Crippen molar-refractivity contribution >= 4 is 35.1 Å². The number of methoxy groups -OCH3 is 1. The molecule has 1 fully saturated rings. The van der Waals surface area contributed by atoms with Crippen molar-refractivity contribution in [2.24, 2.45) is 5.92 Å². The van der Waals surface area contributed by atoms with Gasteiger partial charge in [0, 0.05) is 23.7 Å². The number of hydrogen-bond acceptors (Lipinski definition) is 3. The number of esters is 1. The minimum atomic E-state index is -0.197. The zero-order chi connectivity index (χ0) is 19.2. The summed E-state index contributed by atoms with van der Waals surface area (Å²) < 4.78 is 4.83. The molecule has 2 aromatic rings. The third-order valence-electron chi connectivity index (χ3n) is 4.84. The molecule has 0 aromatic heterocycles. The number of halogens is 1. The van der Waals surface area contributed by atoms with Gasteiger partial charge in [-0.15, -0.1) is 0 Å². The van der Waals surface area contributed by atoms with Gasteiger partial charge in [-0.3, -0.25) is 9.59 Å². The molecular weight excluding hydrogens is 362 g/mol. The first-order chi connectivity index (χ1) is 13.1. The molecule has 0 atom stereocenters. The summed E-state index contributed by atoms with van der Waals surface area (Å²) in [5.74, 6) is -0.381. The SMILES string of the molecule is COC(=O)C1CCN(C(=O)/C(=C/c2ccccc2Cl)c2ccccc2)CC1. The van der Waals surface area contributed by atoms with Gasteiger partial charge in [0.2, 0.25) is 0 Å². The second kappa shape index (κ2) is 8.87. The van der Waals surface area contributed by atoms with Crippen LogP contribution < -0.4 is 0 Å². The van der Waals surface area contributed by atoms with Gasteiger partial charge >= 0.3 is 5.97 Å². The minimum absolute atomic E-state index is 0.0514. The summed E-state index contributed by atoms with van der Waals surface area (Å²) in [6.07, 6.45) is 3.07. The van der Waals surface area contributed by atoms with Crippen molar-refractivity contribution in [2.45, 2.75) is 12.8 Å². The Morgan fingerprint density at radius 1 is 1.04 bits per heavy atom. The molecule has 0 radical (unpaired) electrons. The lowest BCUT2D eigenvalue weighted by molar-refractivity contribution is -0.148. The van der Waals surface area contributed by atoms with Gasteiger partial charge in [-0.25, -0.2) is 0 Å². The highest BCUT2D eigenvalue weighted by Gasteiger charge is 2.29. The van der Waals surface area contributed by atoms with Crippen LogP contribution in [0.5, 0.6) is 0 Å². The van der Waals surface area contributed by atoms with Gasteiger partial charge in [-0.1, -0.05) is 60.1 Å². The maximum absolute atomic E-state index is 13.3. The molecule has 27 heavy (non-hydrogen) atoms. The van der Waals surface area contributed by atoms with E-state index in [1.54, 1.807) is 4.90 Å². The van der Waals surface area contributed by atoms with Crippen LogP contribution in [0.25, 0.3) is 11.6 Å². The number of benzene rings is 2.